The fourth-order valence-electron chi connectivity index (χ4n) is 1.23. The van der Waals surface area contributed by atoms with Crippen molar-refractivity contribution in [3.05, 3.63) is 40.6 Å². The number of nitrogens with zero attached hydrogens (tertiary/aromatic N) is 3. The second-order valence-electron chi connectivity index (χ2n) is 2.85. The Kier molecular flexibility index (Phi) is 3.02. The van der Waals surface area contributed by atoms with Gasteiger partial charge in [0.15, 0.2) is 5.82 Å². The molecule has 78 valence electrons. The molecule has 0 unspecified atom stereocenters. The van der Waals surface area contributed by atoms with Crippen LogP contribution in [0.2, 0.25) is 0 Å². The Labute approximate surface area is 99.0 Å². The van der Waals surface area contributed by atoms with Crippen molar-refractivity contribution in [1.82, 2.24) is 14.8 Å². The van der Waals surface area contributed by atoms with Crippen molar-refractivity contribution in [2.24, 2.45) is 0 Å². The molecule has 0 saturated heterocycles. The van der Waals surface area contributed by atoms with Gasteiger partial charge in [-0.05, 0) is 34.1 Å². The van der Waals surface area contributed by atoms with Crippen LogP contribution in [0, 0.1) is 5.82 Å². The minimum Gasteiger partial charge on any atom is -0.283 e. The normalized spacial score (nSPS) is 10.6. The number of benzene rings is 1. The van der Waals surface area contributed by atoms with Crippen molar-refractivity contribution in [2.45, 2.75) is 5.88 Å². The Balaban J connectivity index is 2.54. The van der Waals surface area contributed by atoms with Crippen LogP contribution in [-0.2, 0) is 5.88 Å². The van der Waals surface area contributed by atoms with Gasteiger partial charge in [0, 0.05) is 4.47 Å². The maximum atomic E-state index is 12.9. The summed E-state index contributed by atoms with van der Waals surface area (Å²) < 4.78 is 15.2. The predicted molar refractivity (Wildman–Crippen MR) is 58.6 cm³/mol. The van der Waals surface area contributed by atoms with Crippen molar-refractivity contribution >= 4 is 27.5 Å². The van der Waals surface area contributed by atoms with Crippen LogP contribution in [0.3, 0.4) is 0 Å². The highest BCUT2D eigenvalue weighted by Crippen LogP contribution is 2.23. The molecular formula is C9H6BrClFN3. The quantitative estimate of drug-likeness (QED) is 0.796. The maximum Gasteiger partial charge on any atom is 0.152 e. The summed E-state index contributed by atoms with van der Waals surface area (Å²) in [4.78, 5) is 0. The van der Waals surface area contributed by atoms with Gasteiger partial charge in [0.25, 0.3) is 0 Å². The zero-order valence-electron chi connectivity index (χ0n) is 7.49. The number of rotatable bonds is 2. The van der Waals surface area contributed by atoms with Crippen LogP contribution in [0.5, 0.6) is 0 Å². The van der Waals surface area contributed by atoms with Crippen LogP contribution in [0.1, 0.15) is 5.82 Å². The van der Waals surface area contributed by atoms with Gasteiger partial charge in [-0.2, -0.15) is 0 Å². The van der Waals surface area contributed by atoms with Gasteiger partial charge in [0.1, 0.15) is 12.1 Å². The van der Waals surface area contributed by atoms with Crippen LogP contribution in [0.25, 0.3) is 5.69 Å². The number of alkyl halides is 1. The lowest BCUT2D eigenvalue weighted by Crippen LogP contribution is -1.99. The Morgan fingerprint density at radius 1 is 1.47 bits per heavy atom. The lowest BCUT2D eigenvalue weighted by Gasteiger charge is -2.06. The van der Waals surface area contributed by atoms with E-state index in [1.54, 1.807) is 10.6 Å². The molecule has 6 heteroatoms. The summed E-state index contributed by atoms with van der Waals surface area (Å²) in [5, 5.41) is 7.59. The third-order valence-electron chi connectivity index (χ3n) is 1.91. The summed E-state index contributed by atoms with van der Waals surface area (Å²) in [7, 11) is 0. The van der Waals surface area contributed by atoms with Crippen LogP contribution >= 0.6 is 27.5 Å². The molecule has 0 amide bonds. The zero-order valence-corrected chi connectivity index (χ0v) is 9.83. The van der Waals surface area contributed by atoms with Gasteiger partial charge in [-0.1, -0.05) is 0 Å². The van der Waals surface area contributed by atoms with Gasteiger partial charge in [0.2, 0.25) is 0 Å². The van der Waals surface area contributed by atoms with E-state index < -0.39 is 0 Å². The molecule has 1 heterocycles. The second kappa shape index (κ2) is 4.28. The SMILES string of the molecule is Fc1ccc(-n2cnnc2CCl)c(Br)c1. The van der Waals surface area contributed by atoms with E-state index in [1.807, 2.05) is 0 Å². The van der Waals surface area contributed by atoms with E-state index in [2.05, 4.69) is 26.1 Å². The van der Waals surface area contributed by atoms with E-state index in [1.165, 1.54) is 18.5 Å². The summed E-state index contributed by atoms with van der Waals surface area (Å²) >= 11 is 8.97. The molecule has 1 aromatic carbocycles. The molecule has 2 rings (SSSR count). The third kappa shape index (κ3) is 2.03. The summed E-state index contributed by atoms with van der Waals surface area (Å²) in [5.74, 6) is 0.569. The molecule has 15 heavy (non-hydrogen) atoms. The topological polar surface area (TPSA) is 30.7 Å². The smallest absolute Gasteiger partial charge is 0.152 e. The average molecular weight is 291 g/mol. The first-order chi connectivity index (χ1) is 7.22. The molecule has 0 fully saturated rings. The summed E-state index contributed by atoms with van der Waals surface area (Å²) in [5.41, 5.74) is 0.761. The highest BCUT2D eigenvalue weighted by atomic mass is 79.9. The number of hydrogen-bond donors (Lipinski definition) is 0. The fourth-order valence-corrected chi connectivity index (χ4v) is 1.95. The van der Waals surface area contributed by atoms with Crippen LogP contribution in [0.4, 0.5) is 4.39 Å². The van der Waals surface area contributed by atoms with E-state index >= 15 is 0 Å². The number of aromatic nitrogens is 3. The Morgan fingerprint density at radius 2 is 2.27 bits per heavy atom. The highest BCUT2D eigenvalue weighted by molar-refractivity contribution is 9.10. The lowest BCUT2D eigenvalue weighted by molar-refractivity contribution is 0.626. The molecule has 0 radical (unpaired) electrons. The van der Waals surface area contributed by atoms with Gasteiger partial charge in [-0.25, -0.2) is 4.39 Å². The summed E-state index contributed by atoms with van der Waals surface area (Å²) in [6, 6.07) is 4.39. The van der Waals surface area contributed by atoms with E-state index in [4.69, 9.17) is 11.6 Å². The van der Waals surface area contributed by atoms with E-state index in [9.17, 15) is 4.39 Å². The molecule has 0 aliphatic carbocycles. The molecule has 0 atom stereocenters. The van der Waals surface area contributed by atoms with Crippen molar-refractivity contribution in [2.75, 3.05) is 0 Å². The summed E-state index contributed by atoms with van der Waals surface area (Å²) in [6.45, 7) is 0. The minimum atomic E-state index is -0.300. The van der Waals surface area contributed by atoms with Crippen molar-refractivity contribution in [3.8, 4) is 5.69 Å². The Hall–Kier alpha value is -0.940. The molecule has 2 aromatic rings. The summed E-state index contributed by atoms with van der Waals surface area (Å²) in [6.07, 6.45) is 1.54. The predicted octanol–water partition coefficient (Wildman–Crippen LogP) is 2.91. The molecule has 0 bridgehead atoms. The molecule has 0 aliphatic heterocycles. The van der Waals surface area contributed by atoms with E-state index in [0.717, 1.165) is 5.69 Å². The van der Waals surface area contributed by atoms with Gasteiger partial charge >= 0.3 is 0 Å². The molecular weight excluding hydrogens is 284 g/mol. The highest BCUT2D eigenvalue weighted by Gasteiger charge is 2.08. The number of halogens is 3. The fraction of sp³-hybridized carbons (Fsp3) is 0.111. The average Bonchev–Trinajstić information content (AvgIpc) is 2.65. The number of hydrogen-bond acceptors (Lipinski definition) is 2. The molecule has 0 saturated carbocycles. The van der Waals surface area contributed by atoms with E-state index in [-0.39, 0.29) is 11.7 Å². The maximum absolute atomic E-state index is 12.9. The molecule has 1 aromatic heterocycles. The standard InChI is InChI=1S/C9H6BrClFN3/c10-7-3-6(12)1-2-8(7)15-5-13-14-9(15)4-11/h1-3,5H,4H2. The molecule has 0 spiro atoms. The second-order valence-corrected chi connectivity index (χ2v) is 3.97. The van der Waals surface area contributed by atoms with Crippen LogP contribution in [-0.4, -0.2) is 14.8 Å². The first kappa shape index (κ1) is 10.6. The zero-order chi connectivity index (χ0) is 10.8. The van der Waals surface area contributed by atoms with Gasteiger partial charge in [-0.3, -0.25) is 4.57 Å². The van der Waals surface area contributed by atoms with Gasteiger partial charge < -0.3 is 0 Å². The van der Waals surface area contributed by atoms with Crippen molar-refractivity contribution in [1.29, 1.82) is 0 Å². The van der Waals surface area contributed by atoms with Crippen molar-refractivity contribution in [3.63, 3.8) is 0 Å². The molecule has 3 nitrogen and oxygen atoms in total. The monoisotopic (exact) mass is 289 g/mol. The Morgan fingerprint density at radius 3 is 2.93 bits per heavy atom. The molecule has 0 aliphatic rings. The van der Waals surface area contributed by atoms with Crippen molar-refractivity contribution < 1.29 is 4.39 Å². The van der Waals surface area contributed by atoms with Crippen LogP contribution < -0.4 is 0 Å². The van der Waals surface area contributed by atoms with Gasteiger partial charge in [-0.15, -0.1) is 21.8 Å². The first-order valence-corrected chi connectivity index (χ1v) is 5.45. The lowest BCUT2D eigenvalue weighted by atomic mass is 10.3. The first-order valence-electron chi connectivity index (χ1n) is 4.12. The molecule has 0 N–H and O–H groups in total. The van der Waals surface area contributed by atoms with E-state index in [0.29, 0.717) is 10.3 Å². The van der Waals surface area contributed by atoms with Crippen LogP contribution in [0.15, 0.2) is 29.0 Å². The minimum absolute atomic E-state index is 0.254. The van der Waals surface area contributed by atoms with Gasteiger partial charge in [0.05, 0.1) is 11.6 Å². The third-order valence-corrected chi connectivity index (χ3v) is 2.78. The Bertz CT molecular complexity index is 486. The largest absolute Gasteiger partial charge is 0.283 e.